The Labute approximate surface area is 161 Å². The van der Waals surface area contributed by atoms with Gasteiger partial charge in [-0.25, -0.2) is 9.97 Å². The second kappa shape index (κ2) is 7.03. The predicted molar refractivity (Wildman–Crippen MR) is 104 cm³/mol. The second-order valence-corrected chi connectivity index (χ2v) is 7.35. The lowest BCUT2D eigenvalue weighted by Crippen LogP contribution is -2.13. The van der Waals surface area contributed by atoms with Gasteiger partial charge in [-0.3, -0.25) is 13.9 Å². The molecule has 4 rings (SSSR count). The molecule has 0 unspecified atom stereocenters. The Hall–Kier alpha value is -3.29. The van der Waals surface area contributed by atoms with Gasteiger partial charge >= 0.3 is 0 Å². The average molecular weight is 380 g/mol. The van der Waals surface area contributed by atoms with E-state index < -0.39 is 5.91 Å². The lowest BCUT2D eigenvalue weighted by Gasteiger charge is -2.10. The number of carbonyl (C=O) groups excluding carboxylic acids is 1. The first-order valence-electron chi connectivity index (χ1n) is 9.07. The molecule has 0 aliphatic heterocycles. The number of nitrogens with one attached hydrogen (secondary N) is 1. The van der Waals surface area contributed by atoms with E-state index in [4.69, 9.17) is 5.73 Å². The number of amides is 1. The van der Waals surface area contributed by atoms with Crippen LogP contribution in [0, 0.1) is 12.3 Å². The van der Waals surface area contributed by atoms with Gasteiger partial charge in [0, 0.05) is 41.2 Å². The predicted octanol–water partition coefficient (Wildman–Crippen LogP) is 3.24. The molecule has 0 saturated heterocycles. The number of halogens is 1. The molecule has 3 aromatic rings. The summed E-state index contributed by atoms with van der Waals surface area (Å²) >= 11 is 0. The van der Waals surface area contributed by atoms with E-state index in [9.17, 15) is 9.18 Å². The summed E-state index contributed by atoms with van der Waals surface area (Å²) in [6.07, 6.45) is 7.21. The van der Waals surface area contributed by atoms with Crippen LogP contribution in [0.5, 0.6) is 0 Å². The molecule has 3 N–H and O–H groups in total. The van der Waals surface area contributed by atoms with Gasteiger partial charge in [0.2, 0.25) is 11.9 Å². The summed E-state index contributed by atoms with van der Waals surface area (Å²) in [7, 11) is 0. The van der Waals surface area contributed by atoms with E-state index in [-0.39, 0.29) is 12.1 Å². The van der Waals surface area contributed by atoms with Crippen LogP contribution in [0.4, 0.5) is 16.0 Å². The highest BCUT2D eigenvalue weighted by atomic mass is 19.1. The maximum absolute atomic E-state index is 13.1. The van der Waals surface area contributed by atoms with Crippen LogP contribution in [0.25, 0.3) is 11.3 Å². The summed E-state index contributed by atoms with van der Waals surface area (Å²) in [5, 5.41) is 7.49. The van der Waals surface area contributed by atoms with Crippen molar-refractivity contribution in [1.82, 2.24) is 19.7 Å². The molecular formula is C20H21FN6O. The maximum atomic E-state index is 13.1. The zero-order valence-electron chi connectivity index (χ0n) is 15.5. The van der Waals surface area contributed by atoms with Crippen molar-refractivity contribution in [2.45, 2.75) is 26.3 Å². The molecule has 144 valence electrons. The molecule has 1 aliphatic carbocycles. The highest BCUT2D eigenvalue weighted by Gasteiger charge is 2.43. The molecule has 0 bridgehead atoms. The van der Waals surface area contributed by atoms with Gasteiger partial charge in [-0.15, -0.1) is 0 Å². The van der Waals surface area contributed by atoms with E-state index in [0.29, 0.717) is 18.1 Å². The molecule has 2 aromatic heterocycles. The van der Waals surface area contributed by atoms with Gasteiger partial charge in [0.25, 0.3) is 0 Å². The first-order chi connectivity index (χ1) is 13.5. The van der Waals surface area contributed by atoms with Crippen molar-refractivity contribution in [2.75, 3.05) is 12.0 Å². The van der Waals surface area contributed by atoms with Crippen LogP contribution in [0.3, 0.4) is 0 Å². The monoisotopic (exact) mass is 380 g/mol. The van der Waals surface area contributed by atoms with Crippen LogP contribution in [-0.4, -0.2) is 32.3 Å². The maximum Gasteiger partial charge on any atom is 0.248 e. The number of hydrogen-bond acceptors (Lipinski definition) is 5. The molecule has 0 atom stereocenters. The number of anilines is 2. The van der Waals surface area contributed by atoms with Crippen LogP contribution >= 0.6 is 0 Å². The van der Waals surface area contributed by atoms with Gasteiger partial charge in [-0.05, 0) is 49.6 Å². The number of primary amides is 1. The fourth-order valence-electron chi connectivity index (χ4n) is 3.07. The Bertz CT molecular complexity index is 1010. The molecule has 28 heavy (non-hydrogen) atoms. The van der Waals surface area contributed by atoms with Crippen LogP contribution < -0.4 is 11.1 Å². The van der Waals surface area contributed by atoms with E-state index >= 15 is 0 Å². The second-order valence-electron chi connectivity index (χ2n) is 7.35. The first kappa shape index (κ1) is 18.1. The summed E-state index contributed by atoms with van der Waals surface area (Å²) in [5.41, 5.74) is 8.76. The number of hydrogen-bond donors (Lipinski definition) is 2. The number of alkyl halides is 1. The minimum Gasteiger partial charge on any atom is -0.366 e. The smallest absolute Gasteiger partial charge is 0.248 e. The minimum absolute atomic E-state index is 0.228. The summed E-state index contributed by atoms with van der Waals surface area (Å²) in [6, 6.07) is 6.77. The van der Waals surface area contributed by atoms with E-state index in [0.717, 1.165) is 35.3 Å². The molecule has 8 heteroatoms. The van der Waals surface area contributed by atoms with Crippen molar-refractivity contribution in [1.29, 1.82) is 0 Å². The number of benzene rings is 1. The number of nitrogens with two attached hydrogens (primary N) is 1. The SMILES string of the molecule is Cc1cnc(Nc2ccc(C(N)=O)cc2)nc1-c1cnn(CC2(CF)CC2)c1. The molecule has 1 aromatic carbocycles. The van der Waals surface area contributed by atoms with Gasteiger partial charge in [0.05, 0.1) is 18.6 Å². The molecule has 1 saturated carbocycles. The molecule has 1 fully saturated rings. The van der Waals surface area contributed by atoms with E-state index in [1.165, 1.54) is 0 Å². The fraction of sp³-hybridized carbons (Fsp3) is 0.300. The van der Waals surface area contributed by atoms with Crippen molar-refractivity contribution in [3.8, 4) is 11.3 Å². The van der Waals surface area contributed by atoms with Gasteiger partial charge in [-0.1, -0.05) is 0 Å². The molecule has 1 aliphatic rings. The number of aromatic nitrogens is 4. The van der Waals surface area contributed by atoms with E-state index in [1.807, 2.05) is 13.1 Å². The van der Waals surface area contributed by atoms with Crippen molar-refractivity contribution in [3.05, 3.63) is 54.0 Å². The molecule has 1 amide bonds. The average Bonchev–Trinajstić information content (AvgIpc) is 3.32. The minimum atomic E-state index is -0.474. The Morgan fingerprint density at radius 1 is 1.29 bits per heavy atom. The third-order valence-electron chi connectivity index (χ3n) is 5.04. The highest BCUT2D eigenvalue weighted by molar-refractivity contribution is 5.93. The normalized spacial score (nSPS) is 14.6. The van der Waals surface area contributed by atoms with E-state index in [2.05, 4.69) is 20.4 Å². The van der Waals surface area contributed by atoms with Gasteiger partial charge in [0.15, 0.2) is 0 Å². The van der Waals surface area contributed by atoms with Crippen LogP contribution in [0.15, 0.2) is 42.9 Å². The van der Waals surface area contributed by atoms with Gasteiger partial charge in [-0.2, -0.15) is 5.10 Å². The molecule has 0 spiro atoms. The molecular weight excluding hydrogens is 359 g/mol. The standard InChI is InChI=1S/C20H21FN6O/c1-13-8-23-19(25-16-4-2-14(3-5-16)18(22)28)26-17(13)15-9-24-27(10-15)12-20(11-21)6-7-20/h2-5,8-10H,6-7,11-12H2,1H3,(H2,22,28)(H,23,25,26). The van der Waals surface area contributed by atoms with E-state index in [1.54, 1.807) is 41.3 Å². The Morgan fingerprint density at radius 3 is 2.68 bits per heavy atom. The van der Waals surface area contributed by atoms with Gasteiger partial charge < -0.3 is 11.1 Å². The fourth-order valence-corrected chi connectivity index (χ4v) is 3.07. The van der Waals surface area contributed by atoms with Gasteiger partial charge in [0.1, 0.15) is 0 Å². The Morgan fingerprint density at radius 2 is 2.04 bits per heavy atom. The summed E-state index contributed by atoms with van der Waals surface area (Å²) < 4.78 is 14.9. The highest BCUT2D eigenvalue weighted by Crippen LogP contribution is 2.47. The largest absolute Gasteiger partial charge is 0.366 e. The third-order valence-corrected chi connectivity index (χ3v) is 5.04. The van der Waals surface area contributed by atoms with Crippen molar-refractivity contribution in [3.63, 3.8) is 0 Å². The molecule has 0 radical (unpaired) electrons. The van der Waals surface area contributed by atoms with Crippen molar-refractivity contribution < 1.29 is 9.18 Å². The van der Waals surface area contributed by atoms with Crippen LogP contribution in [-0.2, 0) is 6.54 Å². The zero-order valence-corrected chi connectivity index (χ0v) is 15.5. The number of carbonyl (C=O) groups is 1. The van der Waals surface area contributed by atoms with Crippen LogP contribution in [0.1, 0.15) is 28.8 Å². The van der Waals surface area contributed by atoms with Crippen molar-refractivity contribution >= 4 is 17.5 Å². The molecule has 7 nitrogen and oxygen atoms in total. The number of aryl methyl sites for hydroxylation is 1. The quantitative estimate of drug-likeness (QED) is 0.656. The number of rotatable bonds is 7. The Kier molecular flexibility index (Phi) is 4.54. The third kappa shape index (κ3) is 3.71. The zero-order chi connectivity index (χ0) is 19.7. The Balaban J connectivity index is 1.54. The summed E-state index contributed by atoms with van der Waals surface area (Å²) in [4.78, 5) is 20.1. The summed E-state index contributed by atoms with van der Waals surface area (Å²) in [6.45, 7) is 2.21. The topological polar surface area (TPSA) is 98.7 Å². The summed E-state index contributed by atoms with van der Waals surface area (Å²) in [5.74, 6) is -0.0410. The van der Waals surface area contributed by atoms with Crippen LogP contribution in [0.2, 0.25) is 0 Å². The lowest BCUT2D eigenvalue weighted by molar-refractivity contribution is 0.100. The number of nitrogens with zero attached hydrogens (tertiary/aromatic N) is 4. The first-order valence-corrected chi connectivity index (χ1v) is 9.07. The van der Waals surface area contributed by atoms with Crippen molar-refractivity contribution in [2.24, 2.45) is 11.1 Å². The lowest BCUT2D eigenvalue weighted by atomic mass is 10.1. The molecule has 2 heterocycles.